The normalized spacial score (nSPS) is 23.7. The number of imide groups is 1. The van der Waals surface area contributed by atoms with Crippen LogP contribution in [-0.2, 0) is 14.3 Å². The molecule has 3 fully saturated rings. The SMILES string of the molecule is CNC(=O)OC[N+]1(CCCCN2C(=O)C3CCCCC3C2=O)CCN(c2nsc3ccccc23)CC1. The first kappa shape index (κ1) is 25.0. The Kier molecular flexibility index (Phi) is 7.43. The van der Waals surface area contributed by atoms with Gasteiger partial charge in [0.1, 0.15) is 0 Å². The molecule has 10 heteroatoms. The van der Waals surface area contributed by atoms with Crippen LogP contribution in [0.4, 0.5) is 10.6 Å². The topological polar surface area (TPSA) is 91.8 Å². The molecule has 2 saturated heterocycles. The van der Waals surface area contributed by atoms with Crippen LogP contribution < -0.4 is 10.2 Å². The Morgan fingerprint density at radius 2 is 1.81 bits per heavy atom. The summed E-state index contributed by atoms with van der Waals surface area (Å²) in [4.78, 5) is 41.3. The molecule has 2 unspecified atom stereocenters. The van der Waals surface area contributed by atoms with Gasteiger partial charge in [-0.05, 0) is 49.3 Å². The third kappa shape index (κ3) is 4.93. The average molecular weight is 515 g/mol. The van der Waals surface area contributed by atoms with Gasteiger partial charge in [-0.3, -0.25) is 19.0 Å². The summed E-state index contributed by atoms with van der Waals surface area (Å²) < 4.78 is 12.1. The molecule has 1 saturated carbocycles. The van der Waals surface area contributed by atoms with Crippen molar-refractivity contribution in [1.29, 1.82) is 0 Å². The maximum atomic E-state index is 12.8. The average Bonchev–Trinajstić information content (AvgIpc) is 3.45. The van der Waals surface area contributed by atoms with Gasteiger partial charge in [0.2, 0.25) is 18.5 Å². The van der Waals surface area contributed by atoms with E-state index in [1.54, 1.807) is 7.05 Å². The highest BCUT2D eigenvalue weighted by Crippen LogP contribution is 2.38. The first-order valence-electron chi connectivity index (χ1n) is 13.2. The van der Waals surface area contributed by atoms with Crippen LogP contribution >= 0.6 is 11.5 Å². The van der Waals surface area contributed by atoms with E-state index in [9.17, 15) is 14.4 Å². The molecule has 0 radical (unpaired) electrons. The van der Waals surface area contributed by atoms with Crippen molar-refractivity contribution < 1.29 is 23.6 Å². The van der Waals surface area contributed by atoms with E-state index in [2.05, 4.69) is 22.3 Å². The van der Waals surface area contributed by atoms with E-state index < -0.39 is 6.09 Å². The van der Waals surface area contributed by atoms with E-state index in [1.165, 1.54) is 26.5 Å². The molecule has 1 aromatic carbocycles. The van der Waals surface area contributed by atoms with Crippen LogP contribution in [-0.4, -0.2) is 84.7 Å². The molecule has 5 rings (SSSR count). The Labute approximate surface area is 216 Å². The predicted octanol–water partition coefficient (Wildman–Crippen LogP) is 3.20. The molecule has 36 heavy (non-hydrogen) atoms. The monoisotopic (exact) mass is 514 g/mol. The number of carbonyl (C=O) groups excluding carboxylic acids is 3. The Morgan fingerprint density at radius 3 is 2.50 bits per heavy atom. The molecule has 3 heterocycles. The smallest absolute Gasteiger partial charge is 0.399 e. The number of ether oxygens (including phenoxy) is 1. The van der Waals surface area contributed by atoms with Crippen molar-refractivity contribution in [2.24, 2.45) is 11.8 Å². The Hall–Kier alpha value is -2.72. The van der Waals surface area contributed by atoms with Crippen LogP contribution in [0.25, 0.3) is 10.1 Å². The van der Waals surface area contributed by atoms with Crippen molar-refractivity contribution in [2.75, 3.05) is 57.9 Å². The van der Waals surface area contributed by atoms with Crippen LogP contribution in [0.5, 0.6) is 0 Å². The summed E-state index contributed by atoms with van der Waals surface area (Å²) >= 11 is 1.53. The number of unbranched alkanes of at least 4 members (excludes halogenated alkanes) is 1. The Bertz CT molecular complexity index is 1090. The van der Waals surface area contributed by atoms with Gasteiger partial charge in [-0.1, -0.05) is 25.0 Å². The highest BCUT2D eigenvalue weighted by atomic mass is 32.1. The van der Waals surface area contributed by atoms with Gasteiger partial charge in [0, 0.05) is 19.0 Å². The number of anilines is 1. The molecular formula is C26H36N5O4S+. The molecule has 3 amide bonds. The molecule has 2 aliphatic heterocycles. The maximum absolute atomic E-state index is 12.8. The second kappa shape index (κ2) is 10.7. The first-order valence-corrected chi connectivity index (χ1v) is 13.9. The number of benzene rings is 1. The lowest BCUT2D eigenvalue weighted by Crippen LogP contribution is -2.61. The van der Waals surface area contributed by atoms with Crippen molar-refractivity contribution in [3.8, 4) is 0 Å². The fraction of sp³-hybridized carbons (Fsp3) is 0.615. The number of rotatable bonds is 8. The van der Waals surface area contributed by atoms with Gasteiger partial charge in [-0.2, -0.15) is 4.37 Å². The lowest BCUT2D eigenvalue weighted by atomic mass is 9.81. The number of nitrogens with one attached hydrogen (secondary N) is 1. The molecule has 1 aromatic heterocycles. The van der Waals surface area contributed by atoms with Gasteiger partial charge in [-0.25, -0.2) is 4.79 Å². The molecule has 194 valence electrons. The van der Waals surface area contributed by atoms with E-state index in [0.717, 1.165) is 77.1 Å². The van der Waals surface area contributed by atoms with Crippen molar-refractivity contribution >= 4 is 45.3 Å². The molecule has 2 atom stereocenters. The molecule has 1 N–H and O–H groups in total. The summed E-state index contributed by atoms with van der Waals surface area (Å²) in [5.41, 5.74) is 0. The number of hydrogen-bond acceptors (Lipinski definition) is 7. The Morgan fingerprint density at radius 1 is 1.11 bits per heavy atom. The predicted molar refractivity (Wildman–Crippen MR) is 139 cm³/mol. The number of amides is 3. The van der Waals surface area contributed by atoms with Gasteiger partial charge >= 0.3 is 6.09 Å². The quantitative estimate of drug-likeness (QED) is 0.331. The van der Waals surface area contributed by atoms with Crippen LogP contribution in [0.2, 0.25) is 0 Å². The number of hydrogen-bond donors (Lipinski definition) is 1. The summed E-state index contributed by atoms with van der Waals surface area (Å²) in [6.45, 7) is 5.00. The number of alkyl carbamates (subject to hydrolysis) is 1. The summed E-state index contributed by atoms with van der Waals surface area (Å²) in [5, 5.41) is 3.72. The van der Waals surface area contributed by atoms with Gasteiger partial charge in [0.15, 0.2) is 5.82 Å². The van der Waals surface area contributed by atoms with E-state index in [0.29, 0.717) is 17.8 Å². The number of aromatic nitrogens is 1. The van der Waals surface area contributed by atoms with Crippen LogP contribution in [0.1, 0.15) is 38.5 Å². The molecule has 0 spiro atoms. The van der Waals surface area contributed by atoms with Gasteiger partial charge < -0.3 is 15.0 Å². The molecule has 0 bridgehead atoms. The maximum Gasteiger partial charge on any atom is 0.411 e. The zero-order valence-electron chi connectivity index (χ0n) is 21.0. The van der Waals surface area contributed by atoms with E-state index >= 15 is 0 Å². The third-order valence-corrected chi connectivity index (χ3v) is 9.03. The van der Waals surface area contributed by atoms with E-state index in [1.807, 2.05) is 12.1 Å². The number of quaternary nitrogens is 1. The molecular weight excluding hydrogens is 478 g/mol. The molecule has 1 aliphatic carbocycles. The van der Waals surface area contributed by atoms with Crippen molar-refractivity contribution in [2.45, 2.75) is 38.5 Å². The van der Waals surface area contributed by atoms with Gasteiger partial charge in [0.25, 0.3) is 0 Å². The van der Waals surface area contributed by atoms with Crippen molar-refractivity contribution in [1.82, 2.24) is 14.6 Å². The minimum Gasteiger partial charge on any atom is -0.399 e. The summed E-state index contributed by atoms with van der Waals surface area (Å²) in [6.07, 6.45) is 5.03. The first-order chi connectivity index (χ1) is 17.5. The highest BCUT2D eigenvalue weighted by Gasteiger charge is 2.47. The van der Waals surface area contributed by atoms with Crippen LogP contribution in [0.3, 0.4) is 0 Å². The molecule has 9 nitrogen and oxygen atoms in total. The fourth-order valence-electron chi connectivity index (χ4n) is 6.06. The lowest BCUT2D eigenvalue weighted by molar-refractivity contribution is -0.944. The largest absolute Gasteiger partial charge is 0.411 e. The zero-order chi connectivity index (χ0) is 25.1. The number of piperazine rings is 1. The summed E-state index contributed by atoms with van der Waals surface area (Å²) in [5.74, 6) is 0.954. The van der Waals surface area contributed by atoms with Crippen molar-refractivity contribution in [3.05, 3.63) is 24.3 Å². The molecule has 3 aliphatic rings. The minimum atomic E-state index is -0.420. The minimum absolute atomic E-state index is 0.0423. The fourth-order valence-corrected chi connectivity index (χ4v) is 6.85. The summed E-state index contributed by atoms with van der Waals surface area (Å²) in [6, 6.07) is 8.31. The second-order valence-corrected chi connectivity index (χ2v) is 11.2. The van der Waals surface area contributed by atoms with Crippen molar-refractivity contribution in [3.63, 3.8) is 0 Å². The van der Waals surface area contributed by atoms with Gasteiger partial charge in [-0.15, -0.1) is 0 Å². The molecule has 2 aromatic rings. The zero-order valence-corrected chi connectivity index (χ0v) is 21.8. The Balaban J connectivity index is 1.18. The standard InChI is InChI=1S/C26H35N5O4S/c1-27-26(34)35-18-31(15-7-6-12-30-24(32)19-8-2-3-9-20(19)25(30)33)16-13-29(14-17-31)23-21-10-4-5-11-22(21)36-28-23/h4-5,10-11,19-20H,2-3,6-9,12-18H2,1H3/p+1. The summed E-state index contributed by atoms with van der Waals surface area (Å²) in [7, 11) is 1.57. The highest BCUT2D eigenvalue weighted by molar-refractivity contribution is 7.13. The van der Waals surface area contributed by atoms with E-state index in [4.69, 9.17) is 9.11 Å². The number of fused-ring (bicyclic) bond motifs is 2. The third-order valence-electron chi connectivity index (χ3n) is 8.22. The van der Waals surface area contributed by atoms with Crippen LogP contribution in [0.15, 0.2) is 24.3 Å². The number of carbonyl (C=O) groups is 3. The van der Waals surface area contributed by atoms with E-state index in [-0.39, 0.29) is 23.7 Å². The van der Waals surface area contributed by atoms with Gasteiger partial charge in [0.05, 0.1) is 49.3 Å². The van der Waals surface area contributed by atoms with Crippen LogP contribution in [0, 0.1) is 11.8 Å². The second-order valence-electron chi connectivity index (χ2n) is 10.3. The lowest BCUT2D eigenvalue weighted by Gasteiger charge is -2.44. The number of likely N-dealkylation sites (tertiary alicyclic amines) is 1. The number of nitrogens with zero attached hydrogens (tertiary/aromatic N) is 4.